The summed E-state index contributed by atoms with van der Waals surface area (Å²) in [5.74, 6) is 0. The first-order valence-electron chi connectivity index (χ1n) is 5.95. The highest BCUT2D eigenvalue weighted by Gasteiger charge is 1.90. The van der Waals surface area contributed by atoms with Gasteiger partial charge in [0.15, 0.2) is 0 Å². The largest absolute Gasteiger partial charge is 0.385 e. The van der Waals surface area contributed by atoms with Gasteiger partial charge in [-0.2, -0.15) is 0 Å². The van der Waals surface area contributed by atoms with Crippen molar-refractivity contribution in [3.8, 4) is 0 Å². The summed E-state index contributed by atoms with van der Waals surface area (Å²) >= 11 is 0. The molecule has 2 rings (SSSR count). The van der Waals surface area contributed by atoms with Gasteiger partial charge >= 0.3 is 0 Å². The maximum atomic E-state index is 3.28. The Bertz CT molecular complexity index is 469. The molecule has 1 N–H and O–H groups in total. The van der Waals surface area contributed by atoms with E-state index in [9.17, 15) is 0 Å². The van der Waals surface area contributed by atoms with Crippen molar-refractivity contribution in [2.75, 3.05) is 11.9 Å². The van der Waals surface area contributed by atoms with Crippen LogP contribution in [-0.2, 0) is 0 Å². The van der Waals surface area contributed by atoms with Gasteiger partial charge < -0.3 is 5.32 Å². The molecule has 0 saturated carbocycles. The van der Waals surface area contributed by atoms with Crippen molar-refractivity contribution in [3.63, 3.8) is 0 Å². The first-order valence-corrected chi connectivity index (χ1v) is 5.95. The number of benzene rings is 2. The molecule has 0 aliphatic carbocycles. The molecule has 86 valence electrons. The monoisotopic (exact) mass is 223 g/mol. The number of anilines is 1. The van der Waals surface area contributed by atoms with Crippen LogP contribution in [0.15, 0.2) is 54.6 Å². The SMILES string of the molecule is CCNc1ccc(C=Cc2ccccc2)cc1. The second-order valence-electron chi connectivity index (χ2n) is 3.90. The summed E-state index contributed by atoms with van der Waals surface area (Å²) in [6.45, 7) is 3.06. The average Bonchev–Trinajstić information content (AvgIpc) is 2.40. The van der Waals surface area contributed by atoms with E-state index in [4.69, 9.17) is 0 Å². The average molecular weight is 223 g/mol. The van der Waals surface area contributed by atoms with Crippen LogP contribution in [0.4, 0.5) is 5.69 Å². The molecule has 0 amide bonds. The van der Waals surface area contributed by atoms with Crippen LogP contribution in [0, 0.1) is 0 Å². The number of hydrogen-bond acceptors (Lipinski definition) is 1. The van der Waals surface area contributed by atoms with Gasteiger partial charge in [0, 0.05) is 12.2 Å². The van der Waals surface area contributed by atoms with Gasteiger partial charge in [-0.05, 0) is 30.2 Å². The molecule has 0 spiro atoms. The van der Waals surface area contributed by atoms with Crippen LogP contribution in [0.25, 0.3) is 12.2 Å². The fraction of sp³-hybridized carbons (Fsp3) is 0.125. The Morgan fingerprint density at radius 3 is 2.00 bits per heavy atom. The predicted octanol–water partition coefficient (Wildman–Crippen LogP) is 4.29. The molecule has 0 atom stereocenters. The van der Waals surface area contributed by atoms with E-state index in [-0.39, 0.29) is 0 Å². The second-order valence-corrected chi connectivity index (χ2v) is 3.90. The standard InChI is InChI=1S/C16H17N/c1-2-17-16-12-10-15(11-13-16)9-8-14-6-4-3-5-7-14/h3-13,17H,2H2,1H3. The third-order valence-electron chi connectivity index (χ3n) is 2.56. The lowest BCUT2D eigenvalue weighted by Crippen LogP contribution is -1.95. The number of rotatable bonds is 4. The third-order valence-corrected chi connectivity index (χ3v) is 2.56. The molecule has 0 bridgehead atoms. The fourth-order valence-corrected chi connectivity index (χ4v) is 1.67. The highest BCUT2D eigenvalue weighted by atomic mass is 14.8. The summed E-state index contributed by atoms with van der Waals surface area (Å²) in [6, 6.07) is 18.8. The molecule has 2 aromatic rings. The van der Waals surface area contributed by atoms with Crippen LogP contribution in [-0.4, -0.2) is 6.54 Å². The van der Waals surface area contributed by atoms with Crippen molar-refractivity contribution >= 4 is 17.8 Å². The molecule has 0 unspecified atom stereocenters. The molecule has 0 heterocycles. The van der Waals surface area contributed by atoms with Crippen LogP contribution >= 0.6 is 0 Å². The minimum Gasteiger partial charge on any atom is -0.385 e. The van der Waals surface area contributed by atoms with Crippen LogP contribution < -0.4 is 5.32 Å². The Labute approximate surface area is 103 Å². The van der Waals surface area contributed by atoms with Crippen molar-refractivity contribution in [2.45, 2.75) is 6.92 Å². The summed E-state index contributed by atoms with van der Waals surface area (Å²) in [4.78, 5) is 0. The van der Waals surface area contributed by atoms with Crippen LogP contribution in [0.5, 0.6) is 0 Å². The summed E-state index contributed by atoms with van der Waals surface area (Å²) < 4.78 is 0. The zero-order chi connectivity index (χ0) is 11.9. The van der Waals surface area contributed by atoms with Crippen LogP contribution in [0.3, 0.4) is 0 Å². The van der Waals surface area contributed by atoms with Gasteiger partial charge in [-0.15, -0.1) is 0 Å². The Kier molecular flexibility index (Phi) is 3.98. The molecule has 1 heteroatoms. The lowest BCUT2D eigenvalue weighted by atomic mass is 10.1. The molecule has 0 fully saturated rings. The normalized spacial score (nSPS) is 10.6. The zero-order valence-electron chi connectivity index (χ0n) is 10.1. The van der Waals surface area contributed by atoms with Crippen molar-refractivity contribution in [3.05, 3.63) is 65.7 Å². The van der Waals surface area contributed by atoms with Gasteiger partial charge in [-0.25, -0.2) is 0 Å². The molecule has 0 aliphatic heterocycles. The topological polar surface area (TPSA) is 12.0 Å². The van der Waals surface area contributed by atoms with Gasteiger partial charge in [0.25, 0.3) is 0 Å². The molecular formula is C16H17N. The predicted molar refractivity (Wildman–Crippen MR) is 76.0 cm³/mol. The van der Waals surface area contributed by atoms with E-state index < -0.39 is 0 Å². The van der Waals surface area contributed by atoms with E-state index in [0.29, 0.717) is 0 Å². The highest BCUT2D eigenvalue weighted by Crippen LogP contribution is 2.12. The molecule has 2 aromatic carbocycles. The van der Waals surface area contributed by atoms with Gasteiger partial charge in [0.1, 0.15) is 0 Å². The van der Waals surface area contributed by atoms with E-state index in [0.717, 1.165) is 6.54 Å². The van der Waals surface area contributed by atoms with Gasteiger partial charge in [-0.1, -0.05) is 54.6 Å². The molecule has 0 saturated heterocycles. The van der Waals surface area contributed by atoms with Gasteiger partial charge in [-0.3, -0.25) is 0 Å². The minimum absolute atomic E-state index is 0.958. The van der Waals surface area contributed by atoms with Gasteiger partial charge in [0.05, 0.1) is 0 Å². The highest BCUT2D eigenvalue weighted by molar-refractivity contribution is 5.70. The molecule has 17 heavy (non-hydrogen) atoms. The van der Waals surface area contributed by atoms with Crippen molar-refractivity contribution in [2.24, 2.45) is 0 Å². The zero-order valence-corrected chi connectivity index (χ0v) is 10.1. The first kappa shape index (κ1) is 11.5. The Hall–Kier alpha value is -2.02. The first-order chi connectivity index (χ1) is 8.38. The minimum atomic E-state index is 0.958. The number of nitrogens with one attached hydrogen (secondary N) is 1. The van der Waals surface area contributed by atoms with E-state index in [1.165, 1.54) is 16.8 Å². The van der Waals surface area contributed by atoms with Crippen molar-refractivity contribution in [1.82, 2.24) is 0 Å². The van der Waals surface area contributed by atoms with Crippen LogP contribution in [0.1, 0.15) is 18.1 Å². The molecule has 0 radical (unpaired) electrons. The van der Waals surface area contributed by atoms with Crippen molar-refractivity contribution in [1.29, 1.82) is 0 Å². The maximum Gasteiger partial charge on any atom is 0.0340 e. The smallest absolute Gasteiger partial charge is 0.0340 e. The molecule has 1 nitrogen and oxygen atoms in total. The lowest BCUT2D eigenvalue weighted by molar-refractivity contribution is 1.21. The molecule has 0 aromatic heterocycles. The molecule has 0 aliphatic rings. The third kappa shape index (κ3) is 3.49. The Morgan fingerprint density at radius 2 is 1.41 bits per heavy atom. The summed E-state index contributed by atoms with van der Waals surface area (Å²) in [6.07, 6.45) is 4.26. The lowest BCUT2D eigenvalue weighted by Gasteiger charge is -2.02. The van der Waals surface area contributed by atoms with Gasteiger partial charge in [0.2, 0.25) is 0 Å². The number of hydrogen-bond donors (Lipinski definition) is 1. The maximum absolute atomic E-state index is 3.28. The van der Waals surface area contributed by atoms with E-state index in [1.807, 2.05) is 18.2 Å². The second kappa shape index (κ2) is 5.90. The molecular weight excluding hydrogens is 206 g/mol. The van der Waals surface area contributed by atoms with Crippen LogP contribution in [0.2, 0.25) is 0 Å². The Morgan fingerprint density at radius 1 is 0.824 bits per heavy atom. The summed E-state index contributed by atoms with van der Waals surface area (Å²) in [5, 5.41) is 3.28. The Balaban J connectivity index is 2.06. The van der Waals surface area contributed by atoms with E-state index >= 15 is 0 Å². The quantitative estimate of drug-likeness (QED) is 0.762. The summed E-state index contributed by atoms with van der Waals surface area (Å²) in [5.41, 5.74) is 3.61. The summed E-state index contributed by atoms with van der Waals surface area (Å²) in [7, 11) is 0. The van der Waals surface area contributed by atoms with Crippen molar-refractivity contribution < 1.29 is 0 Å². The van der Waals surface area contributed by atoms with E-state index in [1.54, 1.807) is 0 Å². The fourth-order valence-electron chi connectivity index (χ4n) is 1.67. The van der Waals surface area contributed by atoms with E-state index in [2.05, 4.69) is 60.8 Å².